The van der Waals surface area contributed by atoms with Crippen molar-refractivity contribution in [3.8, 4) is 11.5 Å². The minimum Gasteiger partial charge on any atom is -0.487 e. The summed E-state index contributed by atoms with van der Waals surface area (Å²) in [7, 11) is 0. The van der Waals surface area contributed by atoms with Crippen LogP contribution in [0.15, 0.2) is 24.3 Å². The lowest BCUT2D eigenvalue weighted by Crippen LogP contribution is -2.25. The molecule has 0 unspecified atom stereocenters. The van der Waals surface area contributed by atoms with E-state index in [9.17, 15) is 9.18 Å². The van der Waals surface area contributed by atoms with E-state index in [2.05, 4.69) is 0 Å². The van der Waals surface area contributed by atoms with Crippen molar-refractivity contribution >= 4 is 5.97 Å². The zero-order valence-electron chi connectivity index (χ0n) is 18.8. The highest BCUT2D eigenvalue weighted by atomic mass is 19.1. The molecule has 0 radical (unpaired) electrons. The van der Waals surface area contributed by atoms with Gasteiger partial charge in [0.25, 0.3) is 0 Å². The molecule has 156 valence electrons. The van der Waals surface area contributed by atoms with E-state index in [0.717, 1.165) is 6.07 Å². The topological polar surface area (TPSA) is 55.8 Å². The van der Waals surface area contributed by atoms with Crippen molar-refractivity contribution in [3.05, 3.63) is 58.2 Å². The quantitative estimate of drug-likeness (QED) is 0.652. The van der Waals surface area contributed by atoms with Gasteiger partial charge in [-0.05, 0) is 56.0 Å². The van der Waals surface area contributed by atoms with E-state index in [0.29, 0.717) is 36.0 Å². The first-order chi connectivity index (χ1) is 14.4. The van der Waals surface area contributed by atoms with Crippen molar-refractivity contribution in [3.63, 3.8) is 0 Å². The van der Waals surface area contributed by atoms with E-state index in [1.54, 1.807) is 6.07 Å². The predicted octanol–water partition coefficient (Wildman–Crippen LogP) is 5.23. The van der Waals surface area contributed by atoms with E-state index < -0.39 is 29.8 Å². The average molecular weight is 406 g/mol. The summed E-state index contributed by atoms with van der Waals surface area (Å²) in [5.74, 6) is -2.45. The molecule has 0 fully saturated rings. The average Bonchev–Trinajstić information content (AvgIpc) is 2.96. The Labute approximate surface area is 172 Å². The van der Waals surface area contributed by atoms with Crippen molar-refractivity contribution in [2.75, 3.05) is 0 Å². The van der Waals surface area contributed by atoms with Crippen molar-refractivity contribution in [2.24, 2.45) is 0 Å². The molecule has 1 aliphatic heterocycles. The Hall–Kier alpha value is -2.63. The van der Waals surface area contributed by atoms with Crippen LogP contribution < -0.4 is 9.47 Å². The number of aliphatic carboxylic acids is 1. The molecule has 6 heteroatoms. The van der Waals surface area contributed by atoms with Crippen LogP contribution in [-0.2, 0) is 30.6 Å². The van der Waals surface area contributed by atoms with Crippen molar-refractivity contribution < 1.29 is 30.9 Å². The van der Waals surface area contributed by atoms with E-state index in [1.807, 2.05) is 20.8 Å². The molecule has 3 rings (SSSR count). The molecule has 0 spiro atoms. The number of carboxylic acids is 1. The standard InChI is InChI=1S/C23H26F2O4/c1-4-5-18-14(7-9-20(26)27)6-8-19(21(18)25)28-13-16-11-17(24)10-15-12-23(2,3)29-22(15)16/h6,8,10-11H,4-5,7,9,12-13H2,1-3H3,(H,26,27)/i13D2. The fourth-order valence-corrected chi connectivity index (χ4v) is 3.57. The van der Waals surface area contributed by atoms with E-state index in [4.69, 9.17) is 17.3 Å². The number of hydrogen-bond donors (Lipinski definition) is 1. The summed E-state index contributed by atoms with van der Waals surface area (Å²) in [5.41, 5.74) is 0.625. The molecule has 0 saturated carbocycles. The lowest BCUT2D eigenvalue weighted by atomic mass is 9.98. The van der Waals surface area contributed by atoms with Crippen molar-refractivity contribution in [1.82, 2.24) is 0 Å². The Kier molecular flexibility index (Phi) is 5.33. The van der Waals surface area contributed by atoms with Crippen LogP contribution >= 0.6 is 0 Å². The second kappa shape index (κ2) is 8.39. The van der Waals surface area contributed by atoms with Gasteiger partial charge in [-0.15, -0.1) is 0 Å². The first kappa shape index (κ1) is 18.4. The number of benzene rings is 2. The summed E-state index contributed by atoms with van der Waals surface area (Å²) in [4.78, 5) is 10.9. The van der Waals surface area contributed by atoms with Gasteiger partial charge in [-0.3, -0.25) is 4.79 Å². The molecule has 1 aliphatic rings. The molecule has 0 atom stereocenters. The molecule has 0 aliphatic carbocycles. The molecule has 2 aromatic carbocycles. The molecule has 2 aromatic rings. The summed E-state index contributed by atoms with van der Waals surface area (Å²) >= 11 is 0. The Morgan fingerprint density at radius 1 is 1.28 bits per heavy atom. The van der Waals surface area contributed by atoms with Gasteiger partial charge >= 0.3 is 5.97 Å². The number of hydrogen-bond acceptors (Lipinski definition) is 3. The normalized spacial score (nSPS) is 15.9. The van der Waals surface area contributed by atoms with Crippen LogP contribution in [0.25, 0.3) is 0 Å². The zero-order chi connectivity index (χ0) is 23.0. The minimum absolute atomic E-state index is 0.139. The van der Waals surface area contributed by atoms with Gasteiger partial charge in [0.05, 0.1) is 2.74 Å². The SMILES string of the molecule is [2H]C([2H])(Oc1ccc(CCC(=O)O)c(CCC)c1F)c1cc(F)cc2c1OC(C)(C)C2. The van der Waals surface area contributed by atoms with Gasteiger partial charge in [0.15, 0.2) is 11.6 Å². The summed E-state index contributed by atoms with van der Waals surface area (Å²) in [6, 6.07) is 5.15. The Morgan fingerprint density at radius 2 is 2.03 bits per heavy atom. The summed E-state index contributed by atoms with van der Waals surface area (Å²) in [5, 5.41) is 8.92. The van der Waals surface area contributed by atoms with Crippen LogP contribution in [0.3, 0.4) is 0 Å². The number of carboxylic acid groups (broad SMARTS) is 1. The maximum absolute atomic E-state index is 15.2. The third-order valence-corrected chi connectivity index (χ3v) is 4.81. The number of fused-ring (bicyclic) bond motifs is 1. The fourth-order valence-electron chi connectivity index (χ4n) is 3.57. The first-order valence-electron chi connectivity index (χ1n) is 10.7. The predicted molar refractivity (Wildman–Crippen MR) is 105 cm³/mol. The number of carbonyl (C=O) groups is 1. The van der Waals surface area contributed by atoms with Crippen LogP contribution in [0.1, 0.15) is 58.6 Å². The number of aryl methyl sites for hydroxylation is 1. The number of halogens is 2. The minimum atomic E-state index is -2.56. The number of rotatable bonds is 8. The molecule has 1 heterocycles. The molecular formula is C23H26F2O4. The fraction of sp³-hybridized carbons (Fsp3) is 0.435. The highest BCUT2D eigenvalue weighted by Gasteiger charge is 2.32. The third-order valence-electron chi connectivity index (χ3n) is 4.81. The zero-order valence-corrected chi connectivity index (χ0v) is 16.8. The van der Waals surface area contributed by atoms with Gasteiger partial charge in [0.1, 0.15) is 23.7 Å². The monoisotopic (exact) mass is 406 g/mol. The summed E-state index contributed by atoms with van der Waals surface area (Å²) in [6.07, 6.45) is 1.41. The smallest absolute Gasteiger partial charge is 0.303 e. The van der Waals surface area contributed by atoms with Gasteiger partial charge in [-0.2, -0.15) is 0 Å². The Morgan fingerprint density at radius 3 is 2.72 bits per heavy atom. The van der Waals surface area contributed by atoms with Gasteiger partial charge in [0, 0.05) is 24.0 Å². The highest BCUT2D eigenvalue weighted by Crippen LogP contribution is 2.39. The van der Waals surface area contributed by atoms with E-state index in [-0.39, 0.29) is 29.9 Å². The number of ether oxygens (including phenoxy) is 2. The summed E-state index contributed by atoms with van der Waals surface area (Å²) in [6.45, 7) is 2.94. The largest absolute Gasteiger partial charge is 0.487 e. The van der Waals surface area contributed by atoms with E-state index >= 15 is 4.39 Å². The maximum Gasteiger partial charge on any atom is 0.303 e. The van der Waals surface area contributed by atoms with Crippen LogP contribution in [0, 0.1) is 11.6 Å². The van der Waals surface area contributed by atoms with Gasteiger partial charge in [-0.25, -0.2) is 8.78 Å². The van der Waals surface area contributed by atoms with Crippen LogP contribution in [0.2, 0.25) is 0 Å². The lowest BCUT2D eigenvalue weighted by molar-refractivity contribution is -0.136. The molecule has 29 heavy (non-hydrogen) atoms. The van der Waals surface area contributed by atoms with Crippen molar-refractivity contribution in [2.45, 2.75) is 65.0 Å². The molecular weight excluding hydrogens is 378 g/mol. The highest BCUT2D eigenvalue weighted by molar-refractivity contribution is 5.67. The summed E-state index contributed by atoms with van der Waals surface area (Å²) < 4.78 is 57.5. The molecule has 0 bridgehead atoms. The van der Waals surface area contributed by atoms with Crippen LogP contribution in [0.4, 0.5) is 8.78 Å². The third kappa shape index (κ3) is 4.86. The molecule has 0 saturated heterocycles. The Balaban J connectivity index is 1.97. The molecule has 1 N–H and O–H groups in total. The Bertz CT molecular complexity index is 1010. The van der Waals surface area contributed by atoms with Crippen LogP contribution in [-0.4, -0.2) is 16.7 Å². The second-order valence-electron chi connectivity index (χ2n) is 7.84. The second-order valence-corrected chi connectivity index (χ2v) is 7.84. The maximum atomic E-state index is 15.2. The van der Waals surface area contributed by atoms with Crippen molar-refractivity contribution in [1.29, 1.82) is 0 Å². The van der Waals surface area contributed by atoms with Gasteiger partial charge in [0.2, 0.25) is 0 Å². The first-order valence-corrected chi connectivity index (χ1v) is 9.66. The molecule has 0 amide bonds. The molecule has 0 aromatic heterocycles. The van der Waals surface area contributed by atoms with Gasteiger partial charge in [-0.1, -0.05) is 19.4 Å². The van der Waals surface area contributed by atoms with E-state index in [1.165, 1.54) is 12.1 Å². The van der Waals surface area contributed by atoms with Gasteiger partial charge < -0.3 is 14.6 Å². The van der Waals surface area contributed by atoms with Crippen LogP contribution in [0.5, 0.6) is 11.5 Å². The lowest BCUT2D eigenvalue weighted by Gasteiger charge is -2.19. The molecule has 4 nitrogen and oxygen atoms in total.